The van der Waals surface area contributed by atoms with Gasteiger partial charge in [-0.3, -0.25) is 0 Å². The molecule has 2 heterocycles. The third-order valence-corrected chi connectivity index (χ3v) is 5.25. The molecule has 8 heteroatoms. The summed E-state index contributed by atoms with van der Waals surface area (Å²) < 4.78 is 32.5. The van der Waals surface area contributed by atoms with E-state index < -0.39 is 10.0 Å². The van der Waals surface area contributed by atoms with Crippen molar-refractivity contribution < 1.29 is 13.2 Å². The fourth-order valence-electron chi connectivity index (χ4n) is 1.88. The standard InChI is InChI=1S/C11H14BrClN2O3S/c12-9-5-10(11(13)14-6-9)19(16,17)15-3-1-8-2-4-18-7-8/h5-6,8,15H,1-4,7H2. The molecule has 1 saturated heterocycles. The molecule has 0 aromatic carbocycles. The average molecular weight is 370 g/mol. The monoisotopic (exact) mass is 368 g/mol. The van der Waals surface area contributed by atoms with Crippen molar-refractivity contribution in [3.05, 3.63) is 21.9 Å². The van der Waals surface area contributed by atoms with Crippen molar-refractivity contribution in [3.8, 4) is 0 Å². The summed E-state index contributed by atoms with van der Waals surface area (Å²) in [5.74, 6) is 0.429. The largest absolute Gasteiger partial charge is 0.381 e. The van der Waals surface area contributed by atoms with Crippen molar-refractivity contribution in [2.45, 2.75) is 17.7 Å². The molecule has 106 valence electrons. The van der Waals surface area contributed by atoms with Crippen molar-refractivity contribution in [1.29, 1.82) is 0 Å². The number of hydrogen-bond acceptors (Lipinski definition) is 4. The zero-order valence-electron chi connectivity index (χ0n) is 10.1. The summed E-state index contributed by atoms with van der Waals surface area (Å²) in [5, 5.41) is -0.0279. The SMILES string of the molecule is O=S(=O)(NCCC1CCOC1)c1cc(Br)cnc1Cl. The summed E-state index contributed by atoms with van der Waals surface area (Å²) in [7, 11) is -3.62. The van der Waals surface area contributed by atoms with Gasteiger partial charge in [-0.15, -0.1) is 0 Å². The first kappa shape index (κ1) is 15.2. The van der Waals surface area contributed by atoms with Crippen LogP contribution < -0.4 is 4.72 Å². The number of sulfonamides is 1. The maximum absolute atomic E-state index is 12.1. The molecular formula is C11H14BrClN2O3S. The summed E-state index contributed by atoms with van der Waals surface area (Å²) >= 11 is 9.00. The number of halogens is 2. The zero-order chi connectivity index (χ0) is 13.9. The number of rotatable bonds is 5. The van der Waals surface area contributed by atoms with Gasteiger partial charge < -0.3 is 4.74 Å². The second-order valence-corrected chi connectivity index (χ2v) is 7.37. The molecule has 0 saturated carbocycles. The number of nitrogens with zero attached hydrogens (tertiary/aromatic N) is 1. The van der Waals surface area contributed by atoms with Crippen LogP contribution in [0.3, 0.4) is 0 Å². The Bertz CT molecular complexity index is 547. The Morgan fingerprint density at radius 1 is 1.58 bits per heavy atom. The van der Waals surface area contributed by atoms with Gasteiger partial charge in [0.2, 0.25) is 10.0 Å². The summed E-state index contributed by atoms with van der Waals surface area (Å²) in [6.45, 7) is 1.85. The molecule has 1 N–H and O–H groups in total. The highest BCUT2D eigenvalue weighted by atomic mass is 79.9. The highest BCUT2D eigenvalue weighted by Gasteiger charge is 2.21. The second kappa shape index (κ2) is 6.49. The van der Waals surface area contributed by atoms with E-state index in [1.54, 1.807) is 0 Å². The third kappa shape index (κ3) is 4.13. The number of pyridine rings is 1. The van der Waals surface area contributed by atoms with Gasteiger partial charge >= 0.3 is 0 Å². The third-order valence-electron chi connectivity index (χ3n) is 2.93. The van der Waals surface area contributed by atoms with E-state index >= 15 is 0 Å². The summed E-state index contributed by atoms with van der Waals surface area (Å²) in [6.07, 6.45) is 3.20. The first-order valence-electron chi connectivity index (χ1n) is 5.87. The van der Waals surface area contributed by atoms with E-state index in [2.05, 4.69) is 25.6 Å². The van der Waals surface area contributed by atoms with Gasteiger partial charge in [-0.2, -0.15) is 0 Å². The summed E-state index contributed by atoms with van der Waals surface area (Å²) in [4.78, 5) is 3.80. The Morgan fingerprint density at radius 2 is 2.37 bits per heavy atom. The Hall–Kier alpha value is -0.210. The number of ether oxygens (including phenoxy) is 1. The van der Waals surface area contributed by atoms with Crippen LogP contribution >= 0.6 is 27.5 Å². The second-order valence-electron chi connectivity index (χ2n) is 4.36. The van der Waals surface area contributed by atoms with Crippen molar-refractivity contribution in [2.75, 3.05) is 19.8 Å². The fraction of sp³-hybridized carbons (Fsp3) is 0.545. The molecule has 1 aromatic heterocycles. The molecule has 2 rings (SSSR count). The molecule has 1 unspecified atom stereocenters. The minimum atomic E-state index is -3.62. The van der Waals surface area contributed by atoms with Gasteiger partial charge in [0.25, 0.3) is 0 Å². The molecular weight excluding hydrogens is 356 g/mol. The smallest absolute Gasteiger partial charge is 0.243 e. The van der Waals surface area contributed by atoms with Gasteiger partial charge in [-0.25, -0.2) is 18.1 Å². The Morgan fingerprint density at radius 3 is 3.05 bits per heavy atom. The van der Waals surface area contributed by atoms with Crippen molar-refractivity contribution in [1.82, 2.24) is 9.71 Å². The lowest BCUT2D eigenvalue weighted by molar-refractivity contribution is 0.184. The average Bonchev–Trinajstić information content (AvgIpc) is 2.85. The molecule has 1 aliphatic heterocycles. The Labute approximate surface area is 125 Å². The molecule has 1 aromatic rings. The molecule has 0 bridgehead atoms. The predicted molar refractivity (Wildman–Crippen MR) is 75.7 cm³/mol. The Balaban J connectivity index is 1.99. The highest BCUT2D eigenvalue weighted by molar-refractivity contribution is 9.10. The van der Waals surface area contributed by atoms with E-state index in [1.807, 2.05) is 0 Å². The lowest BCUT2D eigenvalue weighted by Gasteiger charge is -2.10. The van der Waals surface area contributed by atoms with E-state index in [-0.39, 0.29) is 10.0 Å². The molecule has 0 radical (unpaired) electrons. The van der Waals surface area contributed by atoms with Crippen LogP contribution in [0.2, 0.25) is 5.15 Å². The van der Waals surface area contributed by atoms with E-state index in [4.69, 9.17) is 16.3 Å². The van der Waals surface area contributed by atoms with Crippen LogP contribution in [0.25, 0.3) is 0 Å². The summed E-state index contributed by atoms with van der Waals surface area (Å²) in [6, 6.07) is 1.44. The van der Waals surface area contributed by atoms with Crippen LogP contribution in [0.4, 0.5) is 0 Å². The van der Waals surface area contributed by atoms with Gasteiger partial charge in [0.1, 0.15) is 10.0 Å². The lowest BCUT2D eigenvalue weighted by Crippen LogP contribution is -2.26. The first-order chi connectivity index (χ1) is 8.99. The zero-order valence-corrected chi connectivity index (χ0v) is 13.3. The Kier molecular flexibility index (Phi) is 5.19. The molecule has 5 nitrogen and oxygen atoms in total. The van der Waals surface area contributed by atoms with Gasteiger partial charge in [0.15, 0.2) is 0 Å². The maximum Gasteiger partial charge on any atom is 0.243 e. The molecule has 0 spiro atoms. The molecule has 19 heavy (non-hydrogen) atoms. The van der Waals surface area contributed by atoms with E-state index in [9.17, 15) is 8.42 Å². The quantitative estimate of drug-likeness (QED) is 0.808. The normalized spacial score (nSPS) is 19.8. The number of nitrogens with one attached hydrogen (secondary N) is 1. The van der Waals surface area contributed by atoms with Gasteiger partial charge in [0, 0.05) is 30.4 Å². The van der Waals surface area contributed by atoms with Crippen molar-refractivity contribution in [2.24, 2.45) is 5.92 Å². The van der Waals surface area contributed by atoms with Crippen LogP contribution in [-0.4, -0.2) is 33.2 Å². The molecule has 1 atom stereocenters. The minimum absolute atomic E-state index is 0.00814. The van der Waals surface area contributed by atoms with E-state index in [0.717, 1.165) is 19.4 Å². The first-order valence-corrected chi connectivity index (χ1v) is 8.53. The molecule has 0 amide bonds. The molecule has 0 aliphatic carbocycles. The van der Waals surface area contributed by atoms with Gasteiger partial charge in [-0.1, -0.05) is 11.6 Å². The van der Waals surface area contributed by atoms with Crippen molar-refractivity contribution >= 4 is 37.6 Å². The molecule has 1 aliphatic rings. The van der Waals surface area contributed by atoms with E-state index in [1.165, 1.54) is 12.3 Å². The van der Waals surface area contributed by atoms with E-state index in [0.29, 0.717) is 23.5 Å². The molecule has 1 fully saturated rings. The van der Waals surface area contributed by atoms with Gasteiger partial charge in [0.05, 0.1) is 0 Å². The number of aromatic nitrogens is 1. The topological polar surface area (TPSA) is 68.3 Å². The van der Waals surface area contributed by atoms with Gasteiger partial charge in [-0.05, 0) is 40.8 Å². The fourth-order valence-corrected chi connectivity index (χ4v) is 3.87. The van der Waals surface area contributed by atoms with Crippen LogP contribution in [0.1, 0.15) is 12.8 Å². The lowest BCUT2D eigenvalue weighted by atomic mass is 10.1. The predicted octanol–water partition coefficient (Wildman–Crippen LogP) is 2.20. The summed E-state index contributed by atoms with van der Waals surface area (Å²) in [5.41, 5.74) is 0. The van der Waals surface area contributed by atoms with Crippen LogP contribution in [0.15, 0.2) is 21.6 Å². The van der Waals surface area contributed by atoms with Crippen LogP contribution in [0.5, 0.6) is 0 Å². The number of hydrogen-bond donors (Lipinski definition) is 1. The van der Waals surface area contributed by atoms with Crippen LogP contribution in [0, 0.1) is 5.92 Å². The van der Waals surface area contributed by atoms with Crippen molar-refractivity contribution in [3.63, 3.8) is 0 Å². The van der Waals surface area contributed by atoms with Crippen LogP contribution in [-0.2, 0) is 14.8 Å². The highest BCUT2D eigenvalue weighted by Crippen LogP contribution is 2.23. The minimum Gasteiger partial charge on any atom is -0.381 e. The maximum atomic E-state index is 12.1.